The zero-order chi connectivity index (χ0) is 19.5. The molecule has 0 saturated heterocycles. The second-order valence-corrected chi connectivity index (χ2v) is 8.20. The van der Waals surface area contributed by atoms with Gasteiger partial charge in [0.1, 0.15) is 0 Å². The first-order valence-electron chi connectivity index (χ1n) is 9.46. The summed E-state index contributed by atoms with van der Waals surface area (Å²) in [6.07, 6.45) is 3.45. The molecule has 0 fully saturated rings. The summed E-state index contributed by atoms with van der Waals surface area (Å²) in [6, 6.07) is 15.9. The molecule has 5 nitrogen and oxygen atoms in total. The second-order valence-electron chi connectivity index (χ2n) is 6.21. The van der Waals surface area contributed by atoms with Gasteiger partial charge in [0.05, 0.1) is 24.2 Å². The van der Waals surface area contributed by atoms with E-state index in [0.29, 0.717) is 29.8 Å². The molecule has 146 valence electrons. The van der Waals surface area contributed by atoms with Gasteiger partial charge in [0.2, 0.25) is 0 Å². The highest BCUT2D eigenvalue weighted by Crippen LogP contribution is 2.49. The number of carbonyl (C=O) groups is 1. The van der Waals surface area contributed by atoms with E-state index in [1.165, 1.54) is 0 Å². The molecule has 0 aliphatic heterocycles. The van der Waals surface area contributed by atoms with Crippen molar-refractivity contribution in [3.8, 4) is 0 Å². The average Bonchev–Trinajstić information content (AvgIpc) is 2.69. The number of nitrogens with one attached hydrogen (secondary N) is 1. The first-order chi connectivity index (χ1) is 13.1. The van der Waals surface area contributed by atoms with E-state index in [-0.39, 0.29) is 5.91 Å². The van der Waals surface area contributed by atoms with Gasteiger partial charge in [-0.15, -0.1) is 0 Å². The second kappa shape index (κ2) is 11.0. The minimum absolute atomic E-state index is 0.267. The lowest BCUT2D eigenvalue weighted by atomic mass is 10.2. The Morgan fingerprint density at radius 2 is 1.44 bits per heavy atom. The van der Waals surface area contributed by atoms with Crippen molar-refractivity contribution in [1.82, 2.24) is 0 Å². The van der Waals surface area contributed by atoms with Crippen LogP contribution in [0.25, 0.3) is 0 Å². The Hall–Kier alpha value is -1.94. The average molecular weight is 389 g/mol. The molecule has 6 heteroatoms. The molecule has 0 aliphatic rings. The standard InChI is InChI=1S/C21H28NO4P/c1-3-5-16-25-27(24,26-17-6-4-2)20-15-11-10-14-19(20)22-21(23)18-12-8-7-9-13-18/h7-15H,3-6,16-17H2,1-2H3,(H,22,23). The Morgan fingerprint density at radius 3 is 2.04 bits per heavy atom. The highest BCUT2D eigenvalue weighted by Gasteiger charge is 2.30. The van der Waals surface area contributed by atoms with E-state index >= 15 is 0 Å². The van der Waals surface area contributed by atoms with Crippen LogP contribution >= 0.6 is 7.60 Å². The minimum atomic E-state index is -3.53. The van der Waals surface area contributed by atoms with E-state index in [9.17, 15) is 9.36 Å². The van der Waals surface area contributed by atoms with Crippen molar-refractivity contribution < 1.29 is 18.4 Å². The summed E-state index contributed by atoms with van der Waals surface area (Å²) in [5, 5.41) is 3.23. The summed E-state index contributed by atoms with van der Waals surface area (Å²) >= 11 is 0. The molecule has 27 heavy (non-hydrogen) atoms. The van der Waals surface area contributed by atoms with E-state index < -0.39 is 7.60 Å². The number of anilines is 1. The molecular weight excluding hydrogens is 361 g/mol. The van der Waals surface area contributed by atoms with Crippen molar-refractivity contribution in [2.45, 2.75) is 39.5 Å². The van der Waals surface area contributed by atoms with Gasteiger partial charge in [-0.3, -0.25) is 9.36 Å². The summed E-state index contributed by atoms with van der Waals surface area (Å²) in [6.45, 7) is 4.78. The number of carbonyl (C=O) groups excluding carboxylic acids is 1. The fraction of sp³-hybridized carbons (Fsp3) is 0.381. The van der Waals surface area contributed by atoms with Crippen LogP contribution < -0.4 is 10.6 Å². The molecule has 1 N–H and O–H groups in total. The maximum Gasteiger partial charge on any atom is 0.363 e. The van der Waals surface area contributed by atoms with E-state index in [2.05, 4.69) is 5.32 Å². The van der Waals surface area contributed by atoms with Crippen molar-refractivity contribution in [2.75, 3.05) is 18.5 Å². The number of para-hydroxylation sites is 1. The highest BCUT2D eigenvalue weighted by molar-refractivity contribution is 7.62. The zero-order valence-electron chi connectivity index (χ0n) is 16.0. The Labute approximate surface area is 161 Å². The van der Waals surface area contributed by atoms with Gasteiger partial charge in [-0.05, 0) is 37.1 Å². The zero-order valence-corrected chi connectivity index (χ0v) is 16.9. The fourth-order valence-electron chi connectivity index (χ4n) is 2.44. The molecule has 0 spiro atoms. The molecular formula is C21H28NO4P. The van der Waals surface area contributed by atoms with E-state index in [4.69, 9.17) is 9.05 Å². The van der Waals surface area contributed by atoms with Crippen LogP contribution in [0, 0.1) is 0 Å². The van der Waals surface area contributed by atoms with E-state index in [1.807, 2.05) is 19.9 Å². The number of benzene rings is 2. The molecule has 2 aromatic rings. The van der Waals surface area contributed by atoms with Crippen molar-refractivity contribution in [1.29, 1.82) is 0 Å². The van der Waals surface area contributed by atoms with Crippen LogP contribution in [0.5, 0.6) is 0 Å². The SMILES string of the molecule is CCCCOP(=O)(OCCCC)c1ccccc1NC(=O)c1ccccc1. The molecule has 1 amide bonds. The van der Waals surface area contributed by atoms with Gasteiger partial charge in [-0.2, -0.15) is 0 Å². The lowest BCUT2D eigenvalue weighted by Gasteiger charge is -2.21. The van der Waals surface area contributed by atoms with Crippen LogP contribution in [-0.4, -0.2) is 19.1 Å². The Morgan fingerprint density at radius 1 is 0.889 bits per heavy atom. The van der Waals surface area contributed by atoms with Crippen LogP contribution in [0.2, 0.25) is 0 Å². The lowest BCUT2D eigenvalue weighted by Crippen LogP contribution is -2.21. The van der Waals surface area contributed by atoms with Gasteiger partial charge in [-0.1, -0.05) is 57.0 Å². The molecule has 0 heterocycles. The van der Waals surface area contributed by atoms with Gasteiger partial charge in [0.15, 0.2) is 0 Å². The fourth-order valence-corrected chi connectivity index (χ4v) is 4.22. The summed E-state index contributed by atoms with van der Waals surface area (Å²) in [5.74, 6) is -0.267. The topological polar surface area (TPSA) is 64.6 Å². The van der Waals surface area contributed by atoms with Crippen LogP contribution in [0.3, 0.4) is 0 Å². The smallest absolute Gasteiger partial charge is 0.321 e. The Kier molecular flexibility index (Phi) is 8.73. The molecule has 0 aliphatic carbocycles. The lowest BCUT2D eigenvalue weighted by molar-refractivity contribution is 0.102. The number of hydrogen-bond acceptors (Lipinski definition) is 4. The van der Waals surface area contributed by atoms with Crippen LogP contribution in [-0.2, 0) is 13.6 Å². The van der Waals surface area contributed by atoms with Gasteiger partial charge >= 0.3 is 7.60 Å². The first kappa shape index (κ1) is 21.4. The number of unbranched alkanes of at least 4 members (excludes halogenated alkanes) is 2. The van der Waals surface area contributed by atoms with Gasteiger partial charge in [0, 0.05) is 5.56 Å². The molecule has 2 aromatic carbocycles. The Balaban J connectivity index is 2.27. The van der Waals surface area contributed by atoms with Crippen molar-refractivity contribution >= 4 is 24.5 Å². The molecule has 0 unspecified atom stereocenters. The normalized spacial score (nSPS) is 11.3. The monoisotopic (exact) mass is 389 g/mol. The molecule has 0 aromatic heterocycles. The van der Waals surface area contributed by atoms with Crippen molar-refractivity contribution in [2.24, 2.45) is 0 Å². The summed E-state index contributed by atoms with van der Waals surface area (Å²) in [5.41, 5.74) is 0.976. The largest absolute Gasteiger partial charge is 0.363 e. The van der Waals surface area contributed by atoms with Crippen molar-refractivity contribution in [3.63, 3.8) is 0 Å². The Bertz CT molecular complexity index is 750. The molecule has 0 atom stereocenters. The molecule has 0 radical (unpaired) electrons. The van der Waals surface area contributed by atoms with E-state index in [1.54, 1.807) is 48.5 Å². The van der Waals surface area contributed by atoms with E-state index in [0.717, 1.165) is 25.7 Å². The quantitative estimate of drug-likeness (QED) is 0.413. The number of amides is 1. The third-order valence-electron chi connectivity index (χ3n) is 4.00. The molecule has 0 bridgehead atoms. The number of hydrogen-bond donors (Lipinski definition) is 1. The summed E-state index contributed by atoms with van der Waals surface area (Å²) < 4.78 is 24.9. The first-order valence-corrected chi connectivity index (χ1v) is 11.0. The third-order valence-corrected chi connectivity index (χ3v) is 6.03. The summed E-state index contributed by atoms with van der Waals surface area (Å²) in [4.78, 5) is 12.5. The maximum atomic E-state index is 13.5. The van der Waals surface area contributed by atoms with Crippen LogP contribution in [0.15, 0.2) is 54.6 Å². The molecule has 0 saturated carbocycles. The maximum absolute atomic E-state index is 13.5. The van der Waals surface area contributed by atoms with Crippen molar-refractivity contribution in [3.05, 3.63) is 60.2 Å². The third kappa shape index (κ3) is 6.31. The van der Waals surface area contributed by atoms with Crippen LogP contribution in [0.1, 0.15) is 49.9 Å². The predicted octanol–water partition coefficient (Wildman–Crippen LogP) is 5.39. The molecule has 2 rings (SSSR count). The minimum Gasteiger partial charge on any atom is -0.321 e. The number of rotatable bonds is 11. The van der Waals surface area contributed by atoms with Gasteiger partial charge in [0.25, 0.3) is 5.91 Å². The van der Waals surface area contributed by atoms with Gasteiger partial charge < -0.3 is 14.4 Å². The highest BCUT2D eigenvalue weighted by atomic mass is 31.2. The van der Waals surface area contributed by atoms with Gasteiger partial charge in [-0.25, -0.2) is 0 Å². The van der Waals surface area contributed by atoms with Crippen LogP contribution in [0.4, 0.5) is 5.69 Å². The predicted molar refractivity (Wildman–Crippen MR) is 110 cm³/mol. The summed E-state index contributed by atoms with van der Waals surface area (Å²) in [7, 11) is -3.53.